The molecule has 0 radical (unpaired) electrons. The minimum atomic E-state index is 0.221. The number of alkyl halides is 1. The van der Waals surface area contributed by atoms with Crippen LogP contribution in [0, 0.1) is 0 Å². The average Bonchev–Trinajstić information content (AvgIpc) is 2.40. The Kier molecular flexibility index (Phi) is 4.79. The molecule has 1 aromatic heterocycles. The van der Waals surface area contributed by atoms with Gasteiger partial charge in [-0.15, -0.1) is 11.6 Å². The molecule has 2 aromatic rings. The minimum absolute atomic E-state index is 0.221. The number of hydrogen-bond acceptors (Lipinski definition) is 3. The summed E-state index contributed by atoms with van der Waals surface area (Å²) >= 11 is 5.81. The topological polar surface area (TPSA) is 34.1 Å². The highest BCUT2D eigenvalue weighted by atomic mass is 35.5. The molecule has 3 nitrogen and oxygen atoms in total. The normalized spacial score (nSPS) is 12.6. The van der Waals surface area contributed by atoms with Crippen LogP contribution < -0.4 is 5.32 Å². The third-order valence-electron chi connectivity index (χ3n) is 2.83. The molecule has 18 heavy (non-hydrogen) atoms. The van der Waals surface area contributed by atoms with Crippen molar-refractivity contribution < 1.29 is 4.74 Å². The molecule has 1 atom stereocenters. The summed E-state index contributed by atoms with van der Waals surface area (Å²) in [6.07, 6.45) is 2.68. The van der Waals surface area contributed by atoms with Crippen molar-refractivity contribution in [2.24, 2.45) is 0 Å². The minimum Gasteiger partial charge on any atom is -0.383 e. The van der Waals surface area contributed by atoms with E-state index >= 15 is 0 Å². The third kappa shape index (κ3) is 3.12. The van der Waals surface area contributed by atoms with Crippen molar-refractivity contribution >= 4 is 28.2 Å². The van der Waals surface area contributed by atoms with Crippen molar-refractivity contribution in [3.63, 3.8) is 0 Å². The molecular weight excluding hydrogens is 248 g/mol. The van der Waals surface area contributed by atoms with Crippen LogP contribution >= 0.6 is 11.6 Å². The Balaban J connectivity index is 2.24. The summed E-state index contributed by atoms with van der Waals surface area (Å²) in [5, 5.41) is 4.60. The SMILES string of the molecule is COCC(CCCl)Nc1ccnc2ccccc12. The standard InChI is InChI=1S/C14H17ClN2O/c1-18-10-11(6-8-15)17-14-7-9-16-13-5-3-2-4-12(13)14/h2-5,7,9,11H,6,8,10H2,1H3,(H,16,17). The molecule has 0 bridgehead atoms. The number of anilines is 1. The van der Waals surface area contributed by atoms with Gasteiger partial charge in [0.05, 0.1) is 18.2 Å². The van der Waals surface area contributed by atoms with Crippen LogP contribution in [-0.2, 0) is 4.74 Å². The van der Waals surface area contributed by atoms with E-state index in [1.807, 2.05) is 30.5 Å². The van der Waals surface area contributed by atoms with E-state index in [1.165, 1.54) is 0 Å². The van der Waals surface area contributed by atoms with Crippen LogP contribution in [0.1, 0.15) is 6.42 Å². The molecule has 1 unspecified atom stereocenters. The fraction of sp³-hybridized carbons (Fsp3) is 0.357. The number of rotatable bonds is 6. The Morgan fingerprint density at radius 1 is 1.33 bits per heavy atom. The Hall–Kier alpha value is -1.32. The highest BCUT2D eigenvalue weighted by Gasteiger charge is 2.09. The van der Waals surface area contributed by atoms with Gasteiger partial charge in [0.2, 0.25) is 0 Å². The molecule has 1 aromatic carbocycles. The van der Waals surface area contributed by atoms with Crippen molar-refractivity contribution in [3.05, 3.63) is 36.5 Å². The lowest BCUT2D eigenvalue weighted by molar-refractivity contribution is 0.184. The highest BCUT2D eigenvalue weighted by molar-refractivity contribution is 6.17. The fourth-order valence-electron chi connectivity index (χ4n) is 1.97. The van der Waals surface area contributed by atoms with Crippen molar-refractivity contribution in [3.8, 4) is 0 Å². The monoisotopic (exact) mass is 264 g/mol. The molecule has 0 aliphatic carbocycles. The molecule has 0 saturated heterocycles. The van der Waals surface area contributed by atoms with Gasteiger partial charge in [-0.2, -0.15) is 0 Å². The maximum atomic E-state index is 5.81. The number of methoxy groups -OCH3 is 1. The van der Waals surface area contributed by atoms with E-state index in [9.17, 15) is 0 Å². The Morgan fingerprint density at radius 2 is 2.17 bits per heavy atom. The van der Waals surface area contributed by atoms with Crippen LogP contribution in [0.2, 0.25) is 0 Å². The maximum absolute atomic E-state index is 5.81. The summed E-state index contributed by atoms with van der Waals surface area (Å²) in [7, 11) is 1.70. The summed E-state index contributed by atoms with van der Waals surface area (Å²) in [5.74, 6) is 0.615. The lowest BCUT2D eigenvalue weighted by Gasteiger charge is -2.19. The van der Waals surface area contributed by atoms with E-state index in [2.05, 4.69) is 16.4 Å². The number of nitrogens with zero attached hydrogens (tertiary/aromatic N) is 1. The lowest BCUT2D eigenvalue weighted by Crippen LogP contribution is -2.25. The van der Waals surface area contributed by atoms with E-state index in [1.54, 1.807) is 7.11 Å². The molecule has 2 rings (SSSR count). The summed E-state index contributed by atoms with van der Waals surface area (Å²) in [4.78, 5) is 4.34. The number of para-hydroxylation sites is 1. The predicted octanol–water partition coefficient (Wildman–Crippen LogP) is 3.29. The number of benzene rings is 1. The molecule has 1 heterocycles. The molecule has 0 spiro atoms. The maximum Gasteiger partial charge on any atom is 0.0722 e. The van der Waals surface area contributed by atoms with Gasteiger partial charge >= 0.3 is 0 Å². The lowest BCUT2D eigenvalue weighted by atomic mass is 10.1. The number of fused-ring (bicyclic) bond motifs is 1. The first-order valence-electron chi connectivity index (χ1n) is 6.00. The number of ether oxygens (including phenoxy) is 1. The number of nitrogens with one attached hydrogen (secondary N) is 1. The van der Waals surface area contributed by atoms with Gasteiger partial charge in [0.25, 0.3) is 0 Å². The number of halogens is 1. The predicted molar refractivity (Wildman–Crippen MR) is 76.4 cm³/mol. The number of hydrogen-bond donors (Lipinski definition) is 1. The first kappa shape index (κ1) is 13.1. The van der Waals surface area contributed by atoms with Gasteiger partial charge in [0.1, 0.15) is 0 Å². The van der Waals surface area contributed by atoms with E-state index in [-0.39, 0.29) is 6.04 Å². The Labute approximate surface area is 112 Å². The molecular formula is C14H17ClN2O. The van der Waals surface area contributed by atoms with Crippen molar-refractivity contribution in [2.45, 2.75) is 12.5 Å². The van der Waals surface area contributed by atoms with Crippen LogP contribution in [0.4, 0.5) is 5.69 Å². The van der Waals surface area contributed by atoms with E-state index in [0.29, 0.717) is 12.5 Å². The highest BCUT2D eigenvalue weighted by Crippen LogP contribution is 2.22. The zero-order valence-corrected chi connectivity index (χ0v) is 11.2. The van der Waals surface area contributed by atoms with Crippen molar-refractivity contribution in [2.75, 3.05) is 24.9 Å². The van der Waals surface area contributed by atoms with Gasteiger partial charge in [-0.05, 0) is 18.6 Å². The molecule has 0 aliphatic rings. The zero-order chi connectivity index (χ0) is 12.8. The van der Waals surface area contributed by atoms with E-state index in [0.717, 1.165) is 23.0 Å². The average molecular weight is 265 g/mol. The quantitative estimate of drug-likeness (QED) is 0.813. The molecule has 1 N–H and O–H groups in total. The Bertz CT molecular complexity index is 493. The summed E-state index contributed by atoms with van der Waals surface area (Å²) in [6.45, 7) is 0.642. The molecule has 4 heteroatoms. The van der Waals surface area contributed by atoms with Gasteiger partial charge in [0, 0.05) is 30.3 Å². The number of pyridine rings is 1. The van der Waals surface area contributed by atoms with Gasteiger partial charge in [-0.3, -0.25) is 4.98 Å². The molecule has 0 aliphatic heterocycles. The smallest absolute Gasteiger partial charge is 0.0722 e. The molecule has 0 fully saturated rings. The second-order valence-electron chi connectivity index (χ2n) is 4.15. The zero-order valence-electron chi connectivity index (χ0n) is 10.4. The summed E-state index contributed by atoms with van der Waals surface area (Å²) < 4.78 is 5.20. The number of aromatic nitrogens is 1. The van der Waals surface area contributed by atoms with Gasteiger partial charge in [-0.25, -0.2) is 0 Å². The van der Waals surface area contributed by atoms with Crippen LogP contribution in [-0.4, -0.2) is 30.6 Å². The van der Waals surface area contributed by atoms with Crippen LogP contribution in [0.5, 0.6) is 0 Å². The van der Waals surface area contributed by atoms with E-state index in [4.69, 9.17) is 16.3 Å². The van der Waals surface area contributed by atoms with Crippen LogP contribution in [0.15, 0.2) is 36.5 Å². The molecule has 0 amide bonds. The van der Waals surface area contributed by atoms with Gasteiger partial charge < -0.3 is 10.1 Å². The summed E-state index contributed by atoms with van der Waals surface area (Å²) in [6, 6.07) is 10.3. The molecule has 96 valence electrons. The Morgan fingerprint density at radius 3 is 2.94 bits per heavy atom. The van der Waals surface area contributed by atoms with Crippen LogP contribution in [0.3, 0.4) is 0 Å². The second-order valence-corrected chi connectivity index (χ2v) is 4.53. The first-order valence-corrected chi connectivity index (χ1v) is 6.54. The van der Waals surface area contributed by atoms with Crippen molar-refractivity contribution in [1.82, 2.24) is 4.98 Å². The second kappa shape index (κ2) is 6.57. The van der Waals surface area contributed by atoms with E-state index < -0.39 is 0 Å². The molecule has 0 saturated carbocycles. The third-order valence-corrected chi connectivity index (χ3v) is 3.05. The van der Waals surface area contributed by atoms with Gasteiger partial charge in [0.15, 0.2) is 0 Å². The largest absolute Gasteiger partial charge is 0.383 e. The van der Waals surface area contributed by atoms with Gasteiger partial charge in [-0.1, -0.05) is 18.2 Å². The van der Waals surface area contributed by atoms with Crippen molar-refractivity contribution in [1.29, 1.82) is 0 Å². The summed E-state index contributed by atoms with van der Waals surface area (Å²) in [5.41, 5.74) is 2.07. The fourth-order valence-corrected chi connectivity index (χ4v) is 2.24. The van der Waals surface area contributed by atoms with Crippen LogP contribution in [0.25, 0.3) is 10.9 Å². The first-order chi connectivity index (χ1) is 8.85.